The molecule has 122 valence electrons. The van der Waals surface area contributed by atoms with E-state index in [4.69, 9.17) is 4.74 Å². The number of aromatic nitrogens is 2. The average Bonchev–Trinajstić information content (AvgIpc) is 3.16. The first-order valence-electron chi connectivity index (χ1n) is 7.57. The lowest BCUT2D eigenvalue weighted by molar-refractivity contribution is 0.0943. The number of hydrogen-bond acceptors (Lipinski definition) is 5. The van der Waals surface area contributed by atoms with Gasteiger partial charge in [-0.3, -0.25) is 4.79 Å². The van der Waals surface area contributed by atoms with Gasteiger partial charge in [0.2, 0.25) is 0 Å². The van der Waals surface area contributed by atoms with Gasteiger partial charge in [-0.15, -0.1) is 0 Å². The highest BCUT2D eigenvalue weighted by Gasteiger charge is 2.09. The van der Waals surface area contributed by atoms with Gasteiger partial charge < -0.3 is 10.1 Å². The molecule has 2 aromatic carbocycles. The second-order valence-electron chi connectivity index (χ2n) is 5.22. The molecule has 5 nitrogen and oxygen atoms in total. The summed E-state index contributed by atoms with van der Waals surface area (Å²) in [6.07, 6.45) is 1.47. The van der Waals surface area contributed by atoms with E-state index < -0.39 is 0 Å². The van der Waals surface area contributed by atoms with E-state index >= 15 is 0 Å². The van der Waals surface area contributed by atoms with Gasteiger partial charge in [0.15, 0.2) is 5.69 Å². The molecule has 0 bridgehead atoms. The van der Waals surface area contributed by atoms with Gasteiger partial charge in [0.05, 0.1) is 31.1 Å². The van der Waals surface area contributed by atoms with Crippen molar-refractivity contribution < 1.29 is 9.53 Å². The molecular formula is C18H17N3O2S. The zero-order chi connectivity index (χ0) is 16.6. The maximum absolute atomic E-state index is 12.0. The topological polar surface area (TPSA) is 64.1 Å². The van der Waals surface area contributed by atoms with Gasteiger partial charge >= 0.3 is 0 Å². The van der Waals surface area contributed by atoms with Crippen molar-refractivity contribution in [2.45, 2.75) is 19.8 Å². The van der Waals surface area contributed by atoms with E-state index in [-0.39, 0.29) is 5.91 Å². The molecule has 6 heteroatoms. The number of carbonyl (C=O) groups is 1. The maximum atomic E-state index is 12.0. The number of hydrogen-bond donors (Lipinski definition) is 1. The summed E-state index contributed by atoms with van der Waals surface area (Å²) < 4.78 is 13.6. The monoisotopic (exact) mass is 339 g/mol. The van der Waals surface area contributed by atoms with Crippen LogP contribution in [0, 0.1) is 0 Å². The second kappa shape index (κ2) is 8.33. The van der Waals surface area contributed by atoms with Crippen molar-refractivity contribution in [3.8, 4) is 0 Å². The Labute approximate surface area is 144 Å². The summed E-state index contributed by atoms with van der Waals surface area (Å²) in [6, 6.07) is 18.0. The van der Waals surface area contributed by atoms with E-state index in [9.17, 15) is 4.79 Å². The van der Waals surface area contributed by atoms with Crippen LogP contribution in [0.4, 0.5) is 0 Å². The third kappa shape index (κ3) is 4.47. The van der Waals surface area contributed by atoms with Crippen molar-refractivity contribution in [3.63, 3.8) is 0 Å². The lowest BCUT2D eigenvalue weighted by Gasteiger charge is -2.11. The minimum Gasteiger partial charge on any atom is -0.372 e. The SMILES string of the molecule is O=C(NCc1ccccc1COCc1ccccc1)c1cnsn1. The Kier molecular flexibility index (Phi) is 5.65. The molecule has 3 aromatic rings. The molecule has 1 aromatic heterocycles. The molecule has 0 aliphatic rings. The van der Waals surface area contributed by atoms with Crippen molar-refractivity contribution in [2.75, 3.05) is 0 Å². The molecule has 0 atom stereocenters. The van der Waals surface area contributed by atoms with Crippen LogP contribution in [-0.2, 0) is 24.5 Å². The third-order valence-electron chi connectivity index (χ3n) is 3.52. The minimum absolute atomic E-state index is 0.219. The quantitative estimate of drug-likeness (QED) is 0.718. The number of amides is 1. The first-order valence-corrected chi connectivity index (χ1v) is 8.30. The molecule has 0 unspecified atom stereocenters. The first kappa shape index (κ1) is 16.3. The molecule has 1 N–H and O–H groups in total. The molecule has 0 radical (unpaired) electrons. The molecule has 0 spiro atoms. The Morgan fingerprint density at radius 3 is 2.50 bits per heavy atom. The Morgan fingerprint density at radius 2 is 1.75 bits per heavy atom. The van der Waals surface area contributed by atoms with Crippen molar-refractivity contribution in [3.05, 3.63) is 83.2 Å². The fourth-order valence-electron chi connectivity index (χ4n) is 2.25. The van der Waals surface area contributed by atoms with Gasteiger partial charge in [-0.05, 0) is 16.7 Å². The van der Waals surface area contributed by atoms with Crippen LogP contribution in [0.25, 0.3) is 0 Å². The van der Waals surface area contributed by atoms with Crippen molar-refractivity contribution >= 4 is 17.6 Å². The highest BCUT2D eigenvalue weighted by molar-refractivity contribution is 6.99. The zero-order valence-electron chi connectivity index (χ0n) is 13.0. The van der Waals surface area contributed by atoms with Crippen LogP contribution in [0.1, 0.15) is 27.2 Å². The zero-order valence-corrected chi connectivity index (χ0v) is 13.8. The molecule has 0 fully saturated rings. The van der Waals surface area contributed by atoms with E-state index in [1.54, 1.807) is 0 Å². The summed E-state index contributed by atoms with van der Waals surface area (Å²) >= 11 is 1.02. The van der Waals surface area contributed by atoms with Crippen LogP contribution in [-0.4, -0.2) is 14.7 Å². The highest BCUT2D eigenvalue weighted by atomic mass is 32.1. The molecule has 1 amide bonds. The van der Waals surface area contributed by atoms with Crippen molar-refractivity contribution in [1.29, 1.82) is 0 Å². The van der Waals surface area contributed by atoms with Gasteiger partial charge in [-0.2, -0.15) is 8.75 Å². The maximum Gasteiger partial charge on any atom is 0.272 e. The van der Waals surface area contributed by atoms with Gasteiger partial charge in [0, 0.05) is 6.54 Å². The average molecular weight is 339 g/mol. The largest absolute Gasteiger partial charge is 0.372 e. The Bertz CT molecular complexity index is 776. The van der Waals surface area contributed by atoms with Gasteiger partial charge in [-0.25, -0.2) is 0 Å². The van der Waals surface area contributed by atoms with Crippen LogP contribution in [0.5, 0.6) is 0 Å². The highest BCUT2D eigenvalue weighted by Crippen LogP contribution is 2.12. The normalized spacial score (nSPS) is 10.5. The second-order valence-corrected chi connectivity index (χ2v) is 5.78. The number of nitrogens with zero attached hydrogens (tertiary/aromatic N) is 2. The number of ether oxygens (including phenoxy) is 1. The number of nitrogens with one attached hydrogen (secondary N) is 1. The van der Waals surface area contributed by atoms with E-state index in [1.807, 2.05) is 54.6 Å². The van der Waals surface area contributed by atoms with Gasteiger partial charge in [0.25, 0.3) is 5.91 Å². The van der Waals surface area contributed by atoms with E-state index in [1.165, 1.54) is 6.20 Å². The van der Waals surface area contributed by atoms with Crippen LogP contribution >= 0.6 is 11.7 Å². The molecule has 3 rings (SSSR count). The van der Waals surface area contributed by atoms with Crippen LogP contribution in [0.3, 0.4) is 0 Å². The van der Waals surface area contributed by atoms with Gasteiger partial charge in [0.1, 0.15) is 0 Å². The van der Waals surface area contributed by atoms with Crippen molar-refractivity contribution in [2.24, 2.45) is 0 Å². The molecule has 0 aliphatic carbocycles. The summed E-state index contributed by atoms with van der Waals surface area (Å²) in [7, 11) is 0. The smallest absolute Gasteiger partial charge is 0.272 e. The number of carbonyl (C=O) groups excluding carboxylic acids is 1. The summed E-state index contributed by atoms with van der Waals surface area (Å²) in [5, 5.41) is 2.86. The summed E-state index contributed by atoms with van der Waals surface area (Å²) in [6.45, 7) is 1.49. The lowest BCUT2D eigenvalue weighted by Crippen LogP contribution is -2.23. The minimum atomic E-state index is -0.219. The summed E-state index contributed by atoms with van der Waals surface area (Å²) in [4.78, 5) is 12.0. The number of benzene rings is 2. The first-order chi connectivity index (χ1) is 11.8. The fourth-order valence-corrected chi connectivity index (χ4v) is 2.67. The molecule has 1 heterocycles. The predicted molar refractivity (Wildman–Crippen MR) is 92.5 cm³/mol. The van der Waals surface area contributed by atoms with Gasteiger partial charge in [-0.1, -0.05) is 54.6 Å². The Morgan fingerprint density at radius 1 is 1.00 bits per heavy atom. The molecule has 24 heavy (non-hydrogen) atoms. The molecule has 0 saturated carbocycles. The summed E-state index contributed by atoms with van der Waals surface area (Å²) in [5.41, 5.74) is 3.57. The lowest BCUT2D eigenvalue weighted by atomic mass is 10.1. The number of rotatable bonds is 7. The fraction of sp³-hybridized carbons (Fsp3) is 0.167. The van der Waals surface area contributed by atoms with E-state index in [2.05, 4.69) is 14.1 Å². The van der Waals surface area contributed by atoms with E-state index in [0.717, 1.165) is 28.4 Å². The van der Waals surface area contributed by atoms with Crippen molar-refractivity contribution in [1.82, 2.24) is 14.1 Å². The van der Waals surface area contributed by atoms with Crippen LogP contribution in [0.15, 0.2) is 60.8 Å². The van der Waals surface area contributed by atoms with E-state index in [0.29, 0.717) is 25.5 Å². The Hall–Kier alpha value is -2.57. The summed E-state index contributed by atoms with van der Waals surface area (Å²) in [5.74, 6) is -0.219. The van der Waals surface area contributed by atoms with Crippen LogP contribution < -0.4 is 5.32 Å². The van der Waals surface area contributed by atoms with Crippen LogP contribution in [0.2, 0.25) is 0 Å². The molecular weight excluding hydrogens is 322 g/mol. The third-order valence-corrected chi connectivity index (χ3v) is 4.00. The predicted octanol–water partition coefficient (Wildman–Crippen LogP) is 3.18. The molecule has 0 saturated heterocycles. The standard InChI is InChI=1S/C18H17N3O2S/c22-18(17-11-20-24-21-17)19-10-15-8-4-5-9-16(15)13-23-12-14-6-2-1-3-7-14/h1-9,11H,10,12-13H2,(H,19,22). The Balaban J connectivity index is 1.55. The molecule has 0 aliphatic heterocycles.